The molecule has 0 aliphatic carbocycles. The summed E-state index contributed by atoms with van der Waals surface area (Å²) in [5, 5.41) is 6.80. The van der Waals surface area contributed by atoms with Crippen molar-refractivity contribution in [3.63, 3.8) is 0 Å². The molecule has 2 heterocycles. The van der Waals surface area contributed by atoms with Crippen LogP contribution in [0, 0.1) is 6.92 Å². The van der Waals surface area contributed by atoms with Crippen LogP contribution in [0.3, 0.4) is 0 Å². The number of aromatic nitrogens is 1. The zero-order valence-electron chi connectivity index (χ0n) is 11.8. The van der Waals surface area contributed by atoms with Gasteiger partial charge in [0, 0.05) is 21.8 Å². The van der Waals surface area contributed by atoms with E-state index in [2.05, 4.69) is 65.1 Å². The van der Waals surface area contributed by atoms with Gasteiger partial charge in [-0.25, -0.2) is 0 Å². The van der Waals surface area contributed by atoms with Crippen molar-refractivity contribution in [3.05, 3.63) is 69.9 Å². The second-order valence-corrected chi connectivity index (χ2v) is 6.21. The lowest BCUT2D eigenvalue weighted by Gasteiger charge is -2.12. The highest BCUT2D eigenvalue weighted by Gasteiger charge is 2.14. The van der Waals surface area contributed by atoms with E-state index in [9.17, 15) is 0 Å². The first-order valence-corrected chi connectivity index (χ1v) is 7.97. The average Bonchev–Trinajstić information content (AvgIpc) is 3.09. The van der Waals surface area contributed by atoms with Crippen molar-refractivity contribution in [2.24, 2.45) is 5.73 Å². The molecule has 0 bridgehead atoms. The molecule has 0 amide bonds. The molecule has 3 N–H and O–H groups in total. The van der Waals surface area contributed by atoms with E-state index in [0.29, 0.717) is 0 Å². The maximum absolute atomic E-state index is 6.46. The van der Waals surface area contributed by atoms with Gasteiger partial charge in [-0.05, 0) is 52.6 Å². The van der Waals surface area contributed by atoms with Crippen molar-refractivity contribution in [2.75, 3.05) is 0 Å². The monoisotopic (exact) mass is 292 g/mol. The Hall–Kier alpha value is -2.10. The molecule has 4 rings (SSSR count). The van der Waals surface area contributed by atoms with Crippen molar-refractivity contribution < 1.29 is 0 Å². The van der Waals surface area contributed by atoms with Gasteiger partial charge in [-0.15, -0.1) is 0 Å². The van der Waals surface area contributed by atoms with Crippen molar-refractivity contribution in [2.45, 2.75) is 13.0 Å². The normalized spacial score (nSPS) is 13.0. The first kappa shape index (κ1) is 12.6. The molecular weight excluding hydrogens is 276 g/mol. The average molecular weight is 292 g/mol. The molecule has 0 aliphatic heterocycles. The predicted octanol–water partition coefficient (Wildman–Crippen LogP) is 4.74. The third-order valence-corrected chi connectivity index (χ3v) is 5.00. The molecule has 0 saturated carbocycles. The minimum atomic E-state index is -0.0608. The molecule has 0 spiro atoms. The van der Waals surface area contributed by atoms with E-state index in [-0.39, 0.29) is 6.04 Å². The van der Waals surface area contributed by atoms with Gasteiger partial charge in [0.1, 0.15) is 0 Å². The minimum Gasteiger partial charge on any atom is -0.355 e. The number of hydrogen-bond donors (Lipinski definition) is 2. The molecule has 4 aromatic rings. The van der Waals surface area contributed by atoms with Gasteiger partial charge in [-0.1, -0.05) is 24.3 Å². The summed E-state index contributed by atoms with van der Waals surface area (Å²) >= 11 is 1.71. The van der Waals surface area contributed by atoms with E-state index in [0.717, 1.165) is 11.1 Å². The first-order valence-electron chi connectivity index (χ1n) is 7.02. The van der Waals surface area contributed by atoms with Crippen LogP contribution in [0.4, 0.5) is 0 Å². The summed E-state index contributed by atoms with van der Waals surface area (Å²) in [5.41, 5.74) is 12.4. The molecule has 0 saturated heterocycles. The van der Waals surface area contributed by atoms with Crippen molar-refractivity contribution in [1.29, 1.82) is 0 Å². The smallest absolute Gasteiger partial charge is 0.0562 e. The fraction of sp³-hybridized carbons (Fsp3) is 0.111. The van der Waals surface area contributed by atoms with E-state index < -0.39 is 0 Å². The Morgan fingerprint density at radius 2 is 1.81 bits per heavy atom. The third-order valence-electron chi connectivity index (χ3n) is 4.12. The van der Waals surface area contributed by atoms with Crippen LogP contribution in [0.5, 0.6) is 0 Å². The Kier molecular flexibility index (Phi) is 2.84. The Balaban J connectivity index is 1.90. The van der Waals surface area contributed by atoms with Crippen LogP contribution in [-0.4, -0.2) is 4.98 Å². The van der Waals surface area contributed by atoms with Crippen molar-refractivity contribution >= 4 is 33.1 Å². The summed E-state index contributed by atoms with van der Waals surface area (Å²) < 4.78 is 0. The second kappa shape index (κ2) is 4.72. The van der Waals surface area contributed by atoms with E-state index in [4.69, 9.17) is 5.73 Å². The van der Waals surface area contributed by atoms with Crippen LogP contribution >= 0.6 is 11.3 Å². The summed E-state index contributed by atoms with van der Waals surface area (Å²) in [6.45, 7) is 2.12. The number of nitrogens with two attached hydrogens (primary N) is 1. The second-order valence-electron chi connectivity index (χ2n) is 5.46. The number of para-hydroxylation sites is 1. The number of fused-ring (bicyclic) bond motifs is 3. The summed E-state index contributed by atoms with van der Waals surface area (Å²) in [7, 11) is 0. The lowest BCUT2D eigenvalue weighted by molar-refractivity contribution is 0.870. The van der Waals surface area contributed by atoms with Crippen LogP contribution in [-0.2, 0) is 0 Å². The Morgan fingerprint density at radius 1 is 1.00 bits per heavy atom. The SMILES string of the molecule is Cc1cscc1C(N)c1ccc2[nH]c3ccccc3c2c1. The topological polar surface area (TPSA) is 41.8 Å². The van der Waals surface area contributed by atoms with E-state index in [1.807, 2.05) is 0 Å². The molecule has 0 aliphatic rings. The summed E-state index contributed by atoms with van der Waals surface area (Å²) in [5.74, 6) is 0. The maximum atomic E-state index is 6.46. The van der Waals surface area contributed by atoms with Gasteiger partial charge >= 0.3 is 0 Å². The molecule has 104 valence electrons. The molecule has 1 unspecified atom stereocenters. The van der Waals surface area contributed by atoms with Crippen LogP contribution in [0.15, 0.2) is 53.2 Å². The van der Waals surface area contributed by atoms with Crippen molar-refractivity contribution in [3.8, 4) is 0 Å². The van der Waals surface area contributed by atoms with E-state index >= 15 is 0 Å². The van der Waals surface area contributed by atoms with Crippen molar-refractivity contribution in [1.82, 2.24) is 4.98 Å². The van der Waals surface area contributed by atoms with Crippen LogP contribution < -0.4 is 5.73 Å². The molecule has 2 nitrogen and oxygen atoms in total. The molecule has 1 atom stereocenters. The highest BCUT2D eigenvalue weighted by atomic mass is 32.1. The number of aryl methyl sites for hydroxylation is 1. The largest absolute Gasteiger partial charge is 0.355 e. The summed E-state index contributed by atoms with van der Waals surface area (Å²) in [4.78, 5) is 3.45. The quantitative estimate of drug-likeness (QED) is 0.550. The van der Waals surface area contributed by atoms with Gasteiger partial charge in [-0.2, -0.15) is 11.3 Å². The Labute approximate surface area is 127 Å². The number of thiophene rings is 1. The molecule has 2 aromatic carbocycles. The Morgan fingerprint density at radius 3 is 2.62 bits per heavy atom. The van der Waals surface area contributed by atoms with Gasteiger partial charge < -0.3 is 10.7 Å². The zero-order valence-corrected chi connectivity index (χ0v) is 12.6. The number of nitrogens with one attached hydrogen (secondary N) is 1. The van der Waals surface area contributed by atoms with Crippen LogP contribution in [0.1, 0.15) is 22.7 Å². The fourth-order valence-corrected chi connectivity index (χ4v) is 3.82. The highest BCUT2D eigenvalue weighted by molar-refractivity contribution is 7.08. The van der Waals surface area contributed by atoms with Gasteiger partial charge in [0.25, 0.3) is 0 Å². The number of hydrogen-bond acceptors (Lipinski definition) is 2. The molecule has 0 radical (unpaired) electrons. The lowest BCUT2D eigenvalue weighted by Crippen LogP contribution is -2.11. The fourth-order valence-electron chi connectivity index (χ4n) is 2.93. The maximum Gasteiger partial charge on any atom is 0.0562 e. The zero-order chi connectivity index (χ0) is 14.4. The van der Waals surface area contributed by atoms with E-state index in [1.165, 1.54) is 27.4 Å². The molecule has 2 aromatic heterocycles. The summed E-state index contributed by atoms with van der Waals surface area (Å²) in [6.07, 6.45) is 0. The van der Waals surface area contributed by atoms with E-state index in [1.54, 1.807) is 11.3 Å². The number of aromatic amines is 1. The number of H-pyrrole nitrogens is 1. The third kappa shape index (κ3) is 1.97. The van der Waals surface area contributed by atoms with Crippen LogP contribution in [0.2, 0.25) is 0 Å². The van der Waals surface area contributed by atoms with Gasteiger partial charge in [-0.3, -0.25) is 0 Å². The summed E-state index contributed by atoms with van der Waals surface area (Å²) in [6, 6.07) is 14.8. The van der Waals surface area contributed by atoms with Crippen LogP contribution in [0.25, 0.3) is 21.8 Å². The molecule has 21 heavy (non-hydrogen) atoms. The van der Waals surface area contributed by atoms with Gasteiger partial charge in [0.15, 0.2) is 0 Å². The van der Waals surface area contributed by atoms with Gasteiger partial charge in [0.2, 0.25) is 0 Å². The Bertz CT molecular complexity index is 933. The molecular formula is C18H16N2S. The number of rotatable bonds is 2. The first-order chi connectivity index (χ1) is 10.2. The standard InChI is InChI=1S/C18H16N2S/c1-11-9-21-10-15(11)18(19)12-6-7-17-14(8-12)13-4-2-3-5-16(13)20-17/h2-10,18,20H,19H2,1H3. The number of benzene rings is 2. The highest BCUT2D eigenvalue weighted by Crippen LogP contribution is 2.31. The molecule has 0 fully saturated rings. The predicted molar refractivity (Wildman–Crippen MR) is 90.9 cm³/mol. The lowest BCUT2D eigenvalue weighted by atomic mass is 9.98. The molecule has 3 heteroatoms. The van der Waals surface area contributed by atoms with Gasteiger partial charge in [0.05, 0.1) is 6.04 Å². The minimum absolute atomic E-state index is 0.0608.